The predicted octanol–water partition coefficient (Wildman–Crippen LogP) is 3.53. The molecule has 0 radical (unpaired) electrons. The zero-order valence-electron chi connectivity index (χ0n) is 17.2. The van der Waals surface area contributed by atoms with Crippen LogP contribution < -0.4 is 5.32 Å². The molecule has 2 heterocycles. The molecule has 2 N–H and O–H groups in total. The molecule has 1 saturated heterocycles. The Balaban J connectivity index is 0.00000341. The van der Waals surface area contributed by atoms with E-state index in [-0.39, 0.29) is 59.2 Å². The molecule has 1 fully saturated rings. The lowest BCUT2D eigenvalue weighted by molar-refractivity contribution is -0.135. The summed E-state index contributed by atoms with van der Waals surface area (Å²) in [5, 5.41) is 12.3. The van der Waals surface area contributed by atoms with Crippen LogP contribution in [0.3, 0.4) is 0 Å². The lowest BCUT2D eigenvalue weighted by atomic mass is 10.1. The molecule has 3 rings (SSSR count). The summed E-state index contributed by atoms with van der Waals surface area (Å²) < 4.78 is 13.1. The quantitative estimate of drug-likeness (QED) is 0.671. The molecule has 31 heavy (non-hydrogen) atoms. The fourth-order valence-electron chi connectivity index (χ4n) is 3.59. The average molecular weight is 471 g/mol. The zero-order chi connectivity index (χ0) is 21.8. The van der Waals surface area contributed by atoms with Gasteiger partial charge in [-0.15, -0.1) is 12.4 Å². The van der Waals surface area contributed by atoms with Gasteiger partial charge in [0.1, 0.15) is 17.2 Å². The van der Waals surface area contributed by atoms with Crippen molar-refractivity contribution in [1.29, 1.82) is 0 Å². The molecule has 1 aromatic carbocycles. The predicted molar refractivity (Wildman–Crippen MR) is 119 cm³/mol. The summed E-state index contributed by atoms with van der Waals surface area (Å²) in [7, 11) is 0. The lowest BCUT2D eigenvalue weighted by Gasteiger charge is -2.44. The summed E-state index contributed by atoms with van der Waals surface area (Å²) in [6, 6.07) is 7.84. The van der Waals surface area contributed by atoms with Crippen molar-refractivity contribution in [2.24, 2.45) is 0 Å². The molecular weight excluding hydrogens is 446 g/mol. The van der Waals surface area contributed by atoms with Gasteiger partial charge in [0.05, 0.1) is 11.6 Å². The number of aromatic nitrogens is 1. The van der Waals surface area contributed by atoms with Crippen LogP contribution in [0.5, 0.6) is 0 Å². The fraction of sp³-hybridized carbons (Fsp3) is 0.381. The molecule has 2 aromatic rings. The molecule has 0 bridgehead atoms. The lowest BCUT2D eigenvalue weighted by Crippen LogP contribution is -2.58. The molecule has 0 spiro atoms. The first-order valence-corrected chi connectivity index (χ1v) is 10.0. The number of hydrogen-bond acceptors (Lipinski definition) is 5. The number of carbonyl (C=O) groups is 2. The van der Waals surface area contributed by atoms with Crippen molar-refractivity contribution in [3.05, 3.63) is 58.5 Å². The largest absolute Gasteiger partial charge is 0.478 e. The number of rotatable bonds is 6. The maximum absolute atomic E-state index is 13.1. The van der Waals surface area contributed by atoms with Gasteiger partial charge < -0.3 is 15.3 Å². The number of nitrogens with one attached hydrogen (secondary N) is 1. The minimum atomic E-state index is -1.17. The molecule has 2 atom stereocenters. The molecule has 1 amide bonds. The van der Waals surface area contributed by atoms with E-state index in [1.54, 1.807) is 17.0 Å². The van der Waals surface area contributed by atoms with Gasteiger partial charge in [-0.1, -0.05) is 23.7 Å². The first-order chi connectivity index (χ1) is 14.2. The molecule has 1 aromatic heterocycles. The molecule has 0 aliphatic carbocycles. The molecule has 7 nitrogen and oxygen atoms in total. The second kappa shape index (κ2) is 10.7. The number of carboxylic acids is 1. The minimum absolute atomic E-state index is 0. The number of halogens is 3. The summed E-state index contributed by atoms with van der Waals surface area (Å²) in [4.78, 5) is 32.2. The number of amides is 1. The number of carbonyl (C=O) groups excluding carboxylic acids is 1. The number of benzene rings is 1. The van der Waals surface area contributed by atoms with Crippen molar-refractivity contribution in [3.8, 4) is 0 Å². The molecule has 10 heteroatoms. The van der Waals surface area contributed by atoms with Crippen LogP contribution in [0.4, 0.5) is 10.2 Å². The third-order valence-corrected chi connectivity index (χ3v) is 5.43. The van der Waals surface area contributed by atoms with Crippen LogP contribution in [-0.4, -0.2) is 63.5 Å². The minimum Gasteiger partial charge on any atom is -0.478 e. The van der Waals surface area contributed by atoms with Crippen LogP contribution in [0.1, 0.15) is 29.8 Å². The number of carboxylic acid groups (broad SMARTS) is 1. The van der Waals surface area contributed by atoms with Crippen molar-refractivity contribution in [1.82, 2.24) is 14.8 Å². The zero-order valence-corrected chi connectivity index (χ0v) is 18.8. The van der Waals surface area contributed by atoms with Gasteiger partial charge in [-0.2, -0.15) is 0 Å². The molecule has 1 aliphatic rings. The van der Waals surface area contributed by atoms with E-state index in [0.29, 0.717) is 19.6 Å². The van der Waals surface area contributed by atoms with Crippen molar-refractivity contribution in [2.45, 2.75) is 32.5 Å². The monoisotopic (exact) mass is 470 g/mol. The van der Waals surface area contributed by atoms with Gasteiger partial charge in [-0.3, -0.25) is 9.69 Å². The van der Waals surface area contributed by atoms with Crippen LogP contribution in [-0.2, 0) is 11.3 Å². The van der Waals surface area contributed by atoms with Crippen molar-refractivity contribution in [2.75, 3.05) is 25.0 Å². The van der Waals surface area contributed by atoms with E-state index in [1.165, 1.54) is 24.4 Å². The van der Waals surface area contributed by atoms with Crippen LogP contribution >= 0.6 is 24.0 Å². The van der Waals surface area contributed by atoms with E-state index < -0.39 is 5.97 Å². The Labute approximate surface area is 191 Å². The average Bonchev–Trinajstić information content (AvgIpc) is 2.70. The van der Waals surface area contributed by atoms with Gasteiger partial charge in [0.25, 0.3) is 0 Å². The Bertz CT molecular complexity index is 929. The van der Waals surface area contributed by atoms with Gasteiger partial charge in [0.2, 0.25) is 5.91 Å². The Morgan fingerprint density at radius 2 is 1.90 bits per heavy atom. The highest BCUT2D eigenvalue weighted by Crippen LogP contribution is 2.20. The van der Waals surface area contributed by atoms with Crippen LogP contribution in [0.25, 0.3) is 0 Å². The molecule has 0 unspecified atom stereocenters. The van der Waals surface area contributed by atoms with E-state index in [4.69, 9.17) is 11.6 Å². The Morgan fingerprint density at radius 1 is 1.23 bits per heavy atom. The smallest absolute Gasteiger partial charge is 0.339 e. The van der Waals surface area contributed by atoms with E-state index in [0.717, 1.165) is 5.56 Å². The summed E-state index contributed by atoms with van der Waals surface area (Å²) in [5.41, 5.74) is 0.938. The molecule has 1 aliphatic heterocycles. The van der Waals surface area contributed by atoms with Gasteiger partial charge in [0.15, 0.2) is 0 Å². The number of nitrogens with zero attached hydrogens (tertiary/aromatic N) is 3. The summed E-state index contributed by atoms with van der Waals surface area (Å²) >= 11 is 5.81. The second-order valence-corrected chi connectivity index (χ2v) is 7.94. The van der Waals surface area contributed by atoms with Gasteiger partial charge >= 0.3 is 5.97 Å². The van der Waals surface area contributed by atoms with Gasteiger partial charge in [-0.05, 0) is 37.6 Å². The third kappa shape index (κ3) is 6.29. The van der Waals surface area contributed by atoms with Gasteiger partial charge in [-0.25, -0.2) is 14.2 Å². The van der Waals surface area contributed by atoms with E-state index >= 15 is 0 Å². The van der Waals surface area contributed by atoms with Crippen LogP contribution in [0.2, 0.25) is 5.02 Å². The van der Waals surface area contributed by atoms with Crippen molar-refractivity contribution < 1.29 is 19.1 Å². The van der Waals surface area contributed by atoms with Crippen LogP contribution in [0, 0.1) is 5.82 Å². The Kier molecular flexibility index (Phi) is 8.61. The SMILES string of the molecule is C[C@@H]1CN(Cc2ccc(F)cc2)[C@@H](C)CN1C(=O)CNc1ncc(Cl)cc1C(=O)O.Cl. The Morgan fingerprint density at radius 3 is 2.55 bits per heavy atom. The molecule has 168 valence electrons. The third-order valence-electron chi connectivity index (χ3n) is 5.23. The first kappa shape index (κ1) is 24.8. The maximum atomic E-state index is 13.1. The van der Waals surface area contributed by atoms with Crippen LogP contribution in [0.15, 0.2) is 36.5 Å². The summed E-state index contributed by atoms with van der Waals surface area (Å²) in [6.07, 6.45) is 1.33. The summed E-state index contributed by atoms with van der Waals surface area (Å²) in [6.45, 7) is 5.87. The number of hydrogen-bond donors (Lipinski definition) is 2. The van der Waals surface area contributed by atoms with Crippen molar-refractivity contribution in [3.63, 3.8) is 0 Å². The number of pyridine rings is 1. The first-order valence-electron chi connectivity index (χ1n) is 9.65. The van der Waals surface area contributed by atoms with E-state index in [9.17, 15) is 19.1 Å². The molecular formula is C21H25Cl2FN4O3. The normalized spacial score (nSPS) is 18.9. The second-order valence-electron chi connectivity index (χ2n) is 7.51. The highest BCUT2D eigenvalue weighted by Gasteiger charge is 2.31. The highest BCUT2D eigenvalue weighted by molar-refractivity contribution is 6.30. The topological polar surface area (TPSA) is 85.8 Å². The Hall–Kier alpha value is -2.42. The van der Waals surface area contributed by atoms with E-state index in [1.807, 2.05) is 13.8 Å². The number of anilines is 1. The number of aromatic carboxylic acids is 1. The standard InChI is InChI=1S/C21H24ClFN4O3.ClH/c1-13-11-27(14(2)10-26(13)12-15-3-5-17(23)6-4-15)19(28)9-25-20-18(21(29)30)7-16(22)8-24-20;/h3-8,13-14H,9-12H2,1-2H3,(H,24,25)(H,29,30);1H/t13-,14+;/m0./s1. The van der Waals surface area contributed by atoms with E-state index in [2.05, 4.69) is 15.2 Å². The highest BCUT2D eigenvalue weighted by atomic mass is 35.5. The molecule has 0 saturated carbocycles. The van der Waals surface area contributed by atoms with Crippen molar-refractivity contribution >= 4 is 41.7 Å². The number of piperazine rings is 1. The van der Waals surface area contributed by atoms with Gasteiger partial charge in [0, 0.05) is 37.9 Å². The fourth-order valence-corrected chi connectivity index (χ4v) is 3.75. The maximum Gasteiger partial charge on any atom is 0.339 e. The summed E-state index contributed by atoms with van der Waals surface area (Å²) in [5.74, 6) is -1.46.